The molecule has 1 heterocycles. The lowest BCUT2D eigenvalue weighted by Gasteiger charge is -2.24. The summed E-state index contributed by atoms with van der Waals surface area (Å²) in [4.78, 5) is 15.1. The van der Waals surface area contributed by atoms with Crippen molar-refractivity contribution in [3.63, 3.8) is 0 Å². The van der Waals surface area contributed by atoms with Crippen molar-refractivity contribution < 1.29 is 4.79 Å². The van der Waals surface area contributed by atoms with Crippen LogP contribution in [0.4, 0.5) is 4.79 Å². The van der Waals surface area contributed by atoms with E-state index in [-0.39, 0.29) is 12.1 Å². The first kappa shape index (κ1) is 15.4. The summed E-state index contributed by atoms with van der Waals surface area (Å²) in [5, 5.41) is 5.10. The van der Waals surface area contributed by atoms with Crippen LogP contribution in [0.2, 0.25) is 0 Å². The van der Waals surface area contributed by atoms with E-state index < -0.39 is 0 Å². The van der Waals surface area contributed by atoms with Crippen LogP contribution in [0.3, 0.4) is 0 Å². The fraction of sp³-hybridized carbons (Fsp3) is 0.688. The van der Waals surface area contributed by atoms with E-state index >= 15 is 0 Å². The van der Waals surface area contributed by atoms with Gasteiger partial charge in [-0.3, -0.25) is 0 Å². The zero-order valence-corrected chi connectivity index (χ0v) is 13.4. The second kappa shape index (κ2) is 7.67. The number of thiophene rings is 1. The number of nitrogens with zero attached hydrogens (tertiary/aromatic N) is 1. The van der Waals surface area contributed by atoms with Crippen molar-refractivity contribution in [2.75, 3.05) is 13.6 Å². The first-order valence-electron chi connectivity index (χ1n) is 7.72. The highest BCUT2D eigenvalue weighted by atomic mass is 32.1. The Labute approximate surface area is 126 Å². The van der Waals surface area contributed by atoms with Gasteiger partial charge in [-0.1, -0.05) is 31.7 Å². The number of rotatable bonds is 6. The molecule has 0 aromatic carbocycles. The topological polar surface area (TPSA) is 32.3 Å². The van der Waals surface area contributed by atoms with Gasteiger partial charge in [-0.25, -0.2) is 4.79 Å². The highest BCUT2D eigenvalue weighted by Gasteiger charge is 2.18. The molecule has 1 unspecified atom stereocenters. The van der Waals surface area contributed by atoms with E-state index in [4.69, 9.17) is 0 Å². The van der Waals surface area contributed by atoms with E-state index in [0.29, 0.717) is 0 Å². The van der Waals surface area contributed by atoms with Crippen LogP contribution in [0, 0.1) is 5.92 Å². The Morgan fingerprint density at radius 3 is 2.90 bits per heavy atom. The molecule has 1 saturated carbocycles. The van der Waals surface area contributed by atoms with Crippen LogP contribution in [-0.2, 0) is 0 Å². The third kappa shape index (κ3) is 4.23. The molecule has 2 rings (SSSR count). The molecule has 1 aromatic heterocycles. The van der Waals surface area contributed by atoms with Gasteiger partial charge < -0.3 is 10.2 Å². The minimum Gasteiger partial charge on any atom is -0.338 e. The molecule has 1 fully saturated rings. The molecule has 0 saturated heterocycles. The Kier molecular flexibility index (Phi) is 5.89. The largest absolute Gasteiger partial charge is 0.338 e. The SMILES string of the molecule is CC(c1cccs1)N(C)C(=O)NCCCC1CCCC1. The molecule has 1 aliphatic carbocycles. The van der Waals surface area contributed by atoms with Gasteiger partial charge in [0.2, 0.25) is 0 Å². The maximum Gasteiger partial charge on any atom is 0.317 e. The molecule has 1 aromatic rings. The fourth-order valence-electron chi connectivity index (χ4n) is 2.91. The molecule has 2 amide bonds. The van der Waals surface area contributed by atoms with Gasteiger partial charge in [-0.2, -0.15) is 0 Å². The number of carbonyl (C=O) groups excluding carboxylic acids is 1. The van der Waals surface area contributed by atoms with Gasteiger partial charge in [-0.05, 0) is 37.1 Å². The molecule has 0 radical (unpaired) electrons. The van der Waals surface area contributed by atoms with Crippen molar-refractivity contribution in [3.05, 3.63) is 22.4 Å². The lowest BCUT2D eigenvalue weighted by molar-refractivity contribution is 0.195. The number of urea groups is 1. The molecule has 1 atom stereocenters. The lowest BCUT2D eigenvalue weighted by Crippen LogP contribution is -2.39. The van der Waals surface area contributed by atoms with Gasteiger partial charge in [0.25, 0.3) is 0 Å². The molecule has 0 aliphatic heterocycles. The van der Waals surface area contributed by atoms with Crippen molar-refractivity contribution in [1.82, 2.24) is 10.2 Å². The van der Waals surface area contributed by atoms with E-state index in [1.54, 1.807) is 16.2 Å². The molecule has 0 bridgehead atoms. The molecule has 3 nitrogen and oxygen atoms in total. The van der Waals surface area contributed by atoms with Gasteiger partial charge >= 0.3 is 6.03 Å². The molecule has 4 heteroatoms. The maximum atomic E-state index is 12.1. The molecule has 1 N–H and O–H groups in total. The lowest BCUT2D eigenvalue weighted by atomic mass is 10.0. The predicted molar refractivity (Wildman–Crippen MR) is 85.1 cm³/mol. The highest BCUT2D eigenvalue weighted by Crippen LogP contribution is 2.28. The first-order chi connectivity index (χ1) is 9.68. The summed E-state index contributed by atoms with van der Waals surface area (Å²) < 4.78 is 0. The van der Waals surface area contributed by atoms with Crippen LogP contribution < -0.4 is 5.32 Å². The Morgan fingerprint density at radius 2 is 2.25 bits per heavy atom. The fourth-order valence-corrected chi connectivity index (χ4v) is 3.73. The zero-order valence-electron chi connectivity index (χ0n) is 12.6. The van der Waals surface area contributed by atoms with E-state index in [0.717, 1.165) is 18.9 Å². The summed E-state index contributed by atoms with van der Waals surface area (Å²) >= 11 is 1.70. The van der Waals surface area contributed by atoms with Crippen molar-refractivity contribution in [3.8, 4) is 0 Å². The third-order valence-corrected chi connectivity index (χ3v) is 5.44. The van der Waals surface area contributed by atoms with E-state index in [9.17, 15) is 4.79 Å². The zero-order chi connectivity index (χ0) is 14.4. The van der Waals surface area contributed by atoms with Gasteiger partial charge in [0, 0.05) is 18.5 Å². The monoisotopic (exact) mass is 294 g/mol. The van der Waals surface area contributed by atoms with Crippen molar-refractivity contribution >= 4 is 17.4 Å². The quantitative estimate of drug-likeness (QED) is 0.774. The highest BCUT2D eigenvalue weighted by molar-refractivity contribution is 7.10. The third-order valence-electron chi connectivity index (χ3n) is 4.40. The first-order valence-corrected chi connectivity index (χ1v) is 8.60. The summed E-state index contributed by atoms with van der Waals surface area (Å²) in [7, 11) is 1.87. The van der Waals surface area contributed by atoms with Crippen LogP contribution in [-0.4, -0.2) is 24.5 Å². The number of hydrogen-bond acceptors (Lipinski definition) is 2. The predicted octanol–water partition coefficient (Wildman–Crippen LogP) is 4.42. The molecule has 1 aliphatic rings. The van der Waals surface area contributed by atoms with Gasteiger partial charge in [0.15, 0.2) is 0 Å². The average Bonchev–Trinajstić information content (AvgIpc) is 3.14. The van der Waals surface area contributed by atoms with Gasteiger partial charge in [0.05, 0.1) is 6.04 Å². The normalized spacial score (nSPS) is 17.1. The molecule has 112 valence electrons. The smallest absolute Gasteiger partial charge is 0.317 e. The van der Waals surface area contributed by atoms with E-state index in [2.05, 4.69) is 23.7 Å². The van der Waals surface area contributed by atoms with Crippen molar-refractivity contribution in [2.24, 2.45) is 5.92 Å². The molecule has 20 heavy (non-hydrogen) atoms. The minimum atomic E-state index is 0.0392. The van der Waals surface area contributed by atoms with E-state index in [1.807, 2.05) is 13.1 Å². The number of amides is 2. The second-order valence-corrected chi connectivity index (χ2v) is 6.81. The Bertz CT molecular complexity index is 399. The number of nitrogens with one attached hydrogen (secondary N) is 1. The minimum absolute atomic E-state index is 0.0392. The van der Waals surface area contributed by atoms with Gasteiger partial charge in [-0.15, -0.1) is 11.3 Å². The molecular weight excluding hydrogens is 268 g/mol. The second-order valence-electron chi connectivity index (χ2n) is 5.83. The van der Waals surface area contributed by atoms with Crippen LogP contribution in [0.15, 0.2) is 17.5 Å². The Balaban J connectivity index is 1.65. The van der Waals surface area contributed by atoms with Crippen LogP contribution in [0.5, 0.6) is 0 Å². The number of hydrogen-bond donors (Lipinski definition) is 1. The summed E-state index contributed by atoms with van der Waals surface area (Å²) in [5.74, 6) is 0.912. The summed E-state index contributed by atoms with van der Waals surface area (Å²) in [6, 6.07) is 4.30. The van der Waals surface area contributed by atoms with Crippen molar-refractivity contribution in [2.45, 2.75) is 51.5 Å². The standard InChI is InChI=1S/C16H26N2OS/c1-13(15-10-6-12-20-15)18(2)16(19)17-11-5-9-14-7-3-4-8-14/h6,10,12-14H,3-5,7-9,11H2,1-2H3,(H,17,19). The van der Waals surface area contributed by atoms with Crippen LogP contribution >= 0.6 is 11.3 Å². The molecular formula is C16H26N2OS. The average molecular weight is 294 g/mol. The Morgan fingerprint density at radius 1 is 1.50 bits per heavy atom. The van der Waals surface area contributed by atoms with Crippen LogP contribution in [0.1, 0.15) is 56.4 Å². The number of carbonyl (C=O) groups is 1. The Hall–Kier alpha value is -1.03. The molecule has 0 spiro atoms. The van der Waals surface area contributed by atoms with E-state index in [1.165, 1.54) is 37.0 Å². The maximum absolute atomic E-state index is 12.1. The summed E-state index contributed by atoms with van der Waals surface area (Å²) in [6.45, 7) is 2.88. The van der Waals surface area contributed by atoms with Crippen molar-refractivity contribution in [1.29, 1.82) is 0 Å². The van der Waals surface area contributed by atoms with Crippen LogP contribution in [0.25, 0.3) is 0 Å². The summed E-state index contributed by atoms with van der Waals surface area (Å²) in [5.41, 5.74) is 0. The van der Waals surface area contributed by atoms with Gasteiger partial charge in [0.1, 0.15) is 0 Å². The summed E-state index contributed by atoms with van der Waals surface area (Å²) in [6.07, 6.45) is 7.96.